The van der Waals surface area contributed by atoms with Crippen molar-refractivity contribution in [2.75, 3.05) is 46.9 Å². The summed E-state index contributed by atoms with van der Waals surface area (Å²) in [6.07, 6.45) is 1.03. The average Bonchev–Trinajstić information content (AvgIpc) is 2.60. The number of aliphatic imine (C=N–C) groups is 1. The van der Waals surface area contributed by atoms with Gasteiger partial charge in [-0.25, -0.2) is 4.99 Å². The zero-order valence-corrected chi connectivity index (χ0v) is 18.3. The summed E-state index contributed by atoms with van der Waals surface area (Å²) in [5.74, 6) is 0.367. The van der Waals surface area contributed by atoms with E-state index in [0.29, 0.717) is 12.1 Å². The molecule has 4 N–H and O–H groups in total. The molecule has 0 atom stereocenters. The number of nitrogens with one attached hydrogen (secondary N) is 2. The fourth-order valence-electron chi connectivity index (χ4n) is 2.24. The van der Waals surface area contributed by atoms with Gasteiger partial charge in [-0.05, 0) is 38.1 Å². The highest BCUT2D eigenvalue weighted by molar-refractivity contribution is 14.0. The first-order valence-corrected chi connectivity index (χ1v) is 8.65. The molecule has 0 aromatic heterocycles. The van der Waals surface area contributed by atoms with Crippen molar-refractivity contribution in [3.63, 3.8) is 0 Å². The Labute approximate surface area is 173 Å². The van der Waals surface area contributed by atoms with Gasteiger partial charge in [0.2, 0.25) is 5.91 Å². The van der Waals surface area contributed by atoms with Gasteiger partial charge >= 0.3 is 0 Å². The van der Waals surface area contributed by atoms with Gasteiger partial charge in [-0.15, -0.1) is 24.0 Å². The molecular weight excluding hydrogens is 445 g/mol. The number of hydrogen-bond acceptors (Lipinski definition) is 4. The van der Waals surface area contributed by atoms with Crippen LogP contribution in [0.25, 0.3) is 0 Å². The van der Waals surface area contributed by atoms with Crippen LogP contribution in [0.2, 0.25) is 0 Å². The minimum Gasteiger partial charge on any atom is -0.385 e. The summed E-state index contributed by atoms with van der Waals surface area (Å²) in [6, 6.07) is 7.19. The van der Waals surface area contributed by atoms with Crippen LogP contribution in [0.3, 0.4) is 0 Å². The Bertz CT molecular complexity index is 537. The fraction of sp³-hybridized carbons (Fsp3) is 0.556. The number of carbonyl (C=O) groups excluding carboxylic acids is 1. The molecule has 0 radical (unpaired) electrons. The van der Waals surface area contributed by atoms with Gasteiger partial charge in [0.05, 0.1) is 6.54 Å². The molecule has 1 aromatic carbocycles. The maximum atomic E-state index is 11.1. The topological polar surface area (TPSA) is 92.0 Å². The van der Waals surface area contributed by atoms with Crippen molar-refractivity contribution in [2.45, 2.75) is 19.9 Å². The summed E-state index contributed by atoms with van der Waals surface area (Å²) in [5, 5.41) is 6.57. The average molecular weight is 477 g/mol. The van der Waals surface area contributed by atoms with Gasteiger partial charge in [0, 0.05) is 45.5 Å². The summed E-state index contributed by atoms with van der Waals surface area (Å²) < 4.78 is 5.06. The first-order chi connectivity index (χ1) is 12.1. The predicted octanol–water partition coefficient (Wildman–Crippen LogP) is 1.43. The summed E-state index contributed by atoms with van der Waals surface area (Å²) in [7, 11) is 3.82. The number of nitrogens with zero attached hydrogens (tertiary/aromatic N) is 2. The second-order valence-electron chi connectivity index (χ2n) is 5.83. The number of benzene rings is 1. The van der Waals surface area contributed by atoms with E-state index >= 15 is 0 Å². The summed E-state index contributed by atoms with van der Waals surface area (Å²) in [5.41, 5.74) is 6.78. The summed E-state index contributed by atoms with van der Waals surface area (Å²) in [4.78, 5) is 17.9. The zero-order valence-electron chi connectivity index (χ0n) is 16.0. The van der Waals surface area contributed by atoms with Crippen molar-refractivity contribution in [3.8, 4) is 0 Å². The Morgan fingerprint density at radius 3 is 2.50 bits per heavy atom. The lowest BCUT2D eigenvalue weighted by molar-refractivity contribution is 0.100. The number of rotatable bonds is 11. The first kappa shape index (κ1) is 24.6. The van der Waals surface area contributed by atoms with Crippen molar-refractivity contribution >= 4 is 35.8 Å². The minimum absolute atomic E-state index is 0. The van der Waals surface area contributed by atoms with Gasteiger partial charge in [0.25, 0.3) is 0 Å². The summed E-state index contributed by atoms with van der Waals surface area (Å²) in [6.45, 7) is 6.92. The third-order valence-electron chi connectivity index (χ3n) is 3.68. The molecule has 0 unspecified atom stereocenters. The van der Waals surface area contributed by atoms with Crippen LogP contribution in [0, 0.1) is 0 Å². The van der Waals surface area contributed by atoms with Crippen LogP contribution in [0.15, 0.2) is 29.3 Å². The van der Waals surface area contributed by atoms with Crippen LogP contribution in [0.5, 0.6) is 0 Å². The Balaban J connectivity index is 0.00000625. The molecule has 1 rings (SSSR count). The van der Waals surface area contributed by atoms with E-state index in [0.717, 1.165) is 50.7 Å². The van der Waals surface area contributed by atoms with E-state index in [-0.39, 0.29) is 24.0 Å². The smallest absolute Gasteiger partial charge is 0.248 e. The number of hydrogen-bond donors (Lipinski definition) is 3. The Kier molecular flexibility index (Phi) is 14.0. The van der Waals surface area contributed by atoms with E-state index < -0.39 is 5.91 Å². The number of halogens is 1. The van der Waals surface area contributed by atoms with Crippen molar-refractivity contribution in [1.29, 1.82) is 0 Å². The monoisotopic (exact) mass is 477 g/mol. The number of methoxy groups -OCH3 is 1. The lowest BCUT2D eigenvalue weighted by Crippen LogP contribution is -2.41. The highest BCUT2D eigenvalue weighted by Crippen LogP contribution is 2.05. The van der Waals surface area contributed by atoms with E-state index in [1.165, 1.54) is 0 Å². The molecule has 0 saturated carbocycles. The van der Waals surface area contributed by atoms with Gasteiger partial charge in [-0.3, -0.25) is 4.79 Å². The second kappa shape index (κ2) is 14.7. The number of nitrogens with two attached hydrogens (primary N) is 1. The molecule has 7 nitrogen and oxygen atoms in total. The number of ether oxygens (including phenoxy) is 1. The molecule has 0 aliphatic heterocycles. The molecule has 8 heteroatoms. The van der Waals surface area contributed by atoms with Gasteiger partial charge in [0.1, 0.15) is 0 Å². The van der Waals surface area contributed by atoms with Gasteiger partial charge < -0.3 is 26.0 Å². The van der Waals surface area contributed by atoms with Gasteiger partial charge in [-0.1, -0.05) is 12.1 Å². The summed E-state index contributed by atoms with van der Waals surface area (Å²) >= 11 is 0. The predicted molar refractivity (Wildman–Crippen MR) is 117 cm³/mol. The van der Waals surface area contributed by atoms with Crippen LogP contribution in [0.4, 0.5) is 0 Å². The maximum absolute atomic E-state index is 11.1. The Morgan fingerprint density at radius 1 is 1.23 bits per heavy atom. The molecule has 1 aromatic rings. The molecule has 26 heavy (non-hydrogen) atoms. The van der Waals surface area contributed by atoms with Crippen molar-refractivity contribution < 1.29 is 9.53 Å². The molecule has 0 aliphatic carbocycles. The van der Waals surface area contributed by atoms with Crippen LogP contribution >= 0.6 is 24.0 Å². The number of guanidine groups is 1. The molecule has 0 fully saturated rings. The molecule has 0 spiro atoms. The molecular formula is C18H32IN5O2. The standard InChI is InChI=1S/C18H31N5O2.HI/c1-4-20-18(21-10-12-23(2)11-5-13-25-3)22-14-15-6-8-16(9-7-15)17(19)24;/h6-9H,4-5,10-14H2,1-3H3,(H2,19,24)(H2,20,21,22);1H. The Hall–Kier alpha value is -1.39. The Morgan fingerprint density at radius 2 is 1.92 bits per heavy atom. The quantitative estimate of drug-likeness (QED) is 0.194. The largest absolute Gasteiger partial charge is 0.385 e. The second-order valence-corrected chi connectivity index (χ2v) is 5.83. The van der Waals surface area contributed by atoms with E-state index in [2.05, 4.69) is 27.6 Å². The number of primary amides is 1. The molecule has 148 valence electrons. The molecule has 1 amide bonds. The third kappa shape index (κ3) is 10.6. The normalized spacial score (nSPS) is 11.2. The van der Waals surface area contributed by atoms with Crippen molar-refractivity contribution in [1.82, 2.24) is 15.5 Å². The van der Waals surface area contributed by atoms with Crippen LogP contribution in [-0.2, 0) is 11.3 Å². The highest BCUT2D eigenvalue weighted by atomic mass is 127. The lowest BCUT2D eigenvalue weighted by Gasteiger charge is -2.18. The zero-order chi connectivity index (χ0) is 18.5. The molecule has 0 heterocycles. The number of carbonyl (C=O) groups is 1. The van der Waals surface area contributed by atoms with E-state index in [1.54, 1.807) is 19.2 Å². The molecule has 0 bridgehead atoms. The van der Waals surface area contributed by atoms with E-state index in [9.17, 15) is 4.79 Å². The van der Waals surface area contributed by atoms with Crippen molar-refractivity contribution in [2.24, 2.45) is 10.7 Å². The first-order valence-electron chi connectivity index (χ1n) is 8.65. The van der Waals surface area contributed by atoms with Crippen molar-refractivity contribution in [3.05, 3.63) is 35.4 Å². The van der Waals surface area contributed by atoms with Crippen LogP contribution in [-0.4, -0.2) is 63.7 Å². The van der Waals surface area contributed by atoms with E-state index in [1.807, 2.05) is 19.1 Å². The van der Waals surface area contributed by atoms with E-state index in [4.69, 9.17) is 10.5 Å². The molecule has 0 aliphatic rings. The van der Waals surface area contributed by atoms with Gasteiger partial charge in [-0.2, -0.15) is 0 Å². The minimum atomic E-state index is -0.417. The fourth-order valence-corrected chi connectivity index (χ4v) is 2.24. The maximum Gasteiger partial charge on any atom is 0.248 e. The molecule has 0 saturated heterocycles. The van der Waals surface area contributed by atoms with Crippen LogP contribution < -0.4 is 16.4 Å². The van der Waals surface area contributed by atoms with Gasteiger partial charge in [0.15, 0.2) is 5.96 Å². The SMILES string of the molecule is CCNC(=NCc1ccc(C(N)=O)cc1)NCCN(C)CCCOC.I. The highest BCUT2D eigenvalue weighted by Gasteiger charge is 2.02. The number of amides is 1. The number of likely N-dealkylation sites (N-methyl/N-ethyl adjacent to an activating group) is 1. The lowest BCUT2D eigenvalue weighted by atomic mass is 10.1. The van der Waals surface area contributed by atoms with Crippen LogP contribution in [0.1, 0.15) is 29.3 Å². The third-order valence-corrected chi connectivity index (χ3v) is 3.68.